The van der Waals surface area contributed by atoms with Crippen LogP contribution in [0.15, 0.2) is 0 Å². The van der Waals surface area contributed by atoms with Gasteiger partial charge < -0.3 is 51.3 Å². The zero-order valence-electron chi connectivity index (χ0n) is 12.6. The fourth-order valence-corrected chi connectivity index (χ4v) is 2.73. The lowest BCUT2D eigenvalue weighted by Crippen LogP contribution is -2.75. The zero-order chi connectivity index (χ0) is 19.7. The summed E-state index contributed by atoms with van der Waals surface area (Å²) in [5, 5.41) is 76.5. The van der Waals surface area contributed by atoms with E-state index < -0.39 is 72.6 Å². The largest absolute Gasteiger partial charge is 0.481 e. The molecule has 13 nitrogen and oxygen atoms in total. The van der Waals surface area contributed by atoms with Crippen molar-refractivity contribution < 1.29 is 60.0 Å². The van der Waals surface area contributed by atoms with Gasteiger partial charge in [0.1, 0.15) is 18.3 Å². The molecule has 0 saturated carbocycles. The second-order valence-electron chi connectivity index (χ2n) is 5.67. The third-order valence-electron chi connectivity index (χ3n) is 4.03. The summed E-state index contributed by atoms with van der Waals surface area (Å²) in [5.74, 6) is -12.7. The zero-order valence-corrected chi connectivity index (χ0v) is 12.6. The Kier molecular flexibility index (Phi) is 6.07. The van der Waals surface area contributed by atoms with Crippen LogP contribution in [0.5, 0.6) is 0 Å². The number of hydrogen-bond acceptors (Lipinski definition) is 10. The van der Waals surface area contributed by atoms with Gasteiger partial charge in [0.25, 0.3) is 0 Å². The van der Waals surface area contributed by atoms with Crippen molar-refractivity contribution in [1.29, 1.82) is 0 Å². The smallest absolute Gasteiger partial charge is 0.337 e. The van der Waals surface area contributed by atoms with Crippen molar-refractivity contribution >= 4 is 17.9 Å². The highest BCUT2D eigenvalue weighted by Gasteiger charge is 2.66. The lowest BCUT2D eigenvalue weighted by molar-refractivity contribution is -0.346. The Morgan fingerprint density at radius 3 is 2.04 bits per heavy atom. The maximum Gasteiger partial charge on any atom is 0.337 e. The Morgan fingerprint density at radius 1 is 1.16 bits per heavy atom. The third kappa shape index (κ3) is 3.57. The number of nitrogens with two attached hydrogens (primary N) is 1. The average molecular weight is 369 g/mol. The number of aliphatic carboxylic acids is 3. The van der Waals surface area contributed by atoms with Crippen LogP contribution in [0.1, 0.15) is 6.42 Å². The standard InChI is InChI=1S/C12H19NO12/c13-8-6(18)5(17)3(2-14)25-12(8,24)7(9(19)20)11(23,10(21)22)1-4(15)16/h3,5-8,14,17-18,23-24H,1-2,13H2,(H,15,16)(H,19,20)(H,21,22)/t3-,5-,6+,7?,8-,11?,12+/m1/s1. The minimum atomic E-state index is -3.59. The summed E-state index contributed by atoms with van der Waals surface area (Å²) in [7, 11) is 0. The minimum Gasteiger partial charge on any atom is -0.481 e. The first-order valence-electron chi connectivity index (χ1n) is 6.86. The summed E-state index contributed by atoms with van der Waals surface area (Å²) in [6.45, 7) is -1.04. The van der Waals surface area contributed by atoms with Gasteiger partial charge >= 0.3 is 17.9 Å². The van der Waals surface area contributed by atoms with E-state index in [1.54, 1.807) is 0 Å². The maximum atomic E-state index is 11.5. The van der Waals surface area contributed by atoms with E-state index in [9.17, 15) is 39.9 Å². The predicted octanol–water partition coefficient (Wildman–Crippen LogP) is -4.89. The van der Waals surface area contributed by atoms with Gasteiger partial charge in [0.05, 0.1) is 19.1 Å². The van der Waals surface area contributed by atoms with Crippen LogP contribution in [0.3, 0.4) is 0 Å². The highest BCUT2D eigenvalue weighted by molar-refractivity contribution is 5.90. The highest BCUT2D eigenvalue weighted by Crippen LogP contribution is 2.40. The Labute approximate surface area is 139 Å². The van der Waals surface area contributed by atoms with E-state index in [2.05, 4.69) is 0 Å². The number of carboxylic acid groups (broad SMARTS) is 3. The van der Waals surface area contributed by atoms with Crippen LogP contribution in [-0.4, -0.2) is 101 Å². The summed E-state index contributed by atoms with van der Waals surface area (Å²) in [4.78, 5) is 33.7. The average Bonchev–Trinajstić information content (AvgIpc) is 2.47. The van der Waals surface area contributed by atoms with Gasteiger partial charge in [0.15, 0.2) is 11.5 Å². The number of aliphatic hydroxyl groups excluding tert-OH is 3. The Morgan fingerprint density at radius 2 is 1.68 bits per heavy atom. The molecular weight excluding hydrogens is 350 g/mol. The topological polar surface area (TPSA) is 248 Å². The summed E-state index contributed by atoms with van der Waals surface area (Å²) >= 11 is 0. The normalized spacial score (nSPS) is 36.2. The van der Waals surface area contributed by atoms with E-state index >= 15 is 0 Å². The third-order valence-corrected chi connectivity index (χ3v) is 4.03. The van der Waals surface area contributed by atoms with Crippen LogP contribution in [0.4, 0.5) is 0 Å². The van der Waals surface area contributed by atoms with Gasteiger partial charge in [-0.15, -0.1) is 0 Å². The van der Waals surface area contributed by atoms with Crippen molar-refractivity contribution in [3.05, 3.63) is 0 Å². The molecule has 25 heavy (non-hydrogen) atoms. The van der Waals surface area contributed by atoms with Crippen LogP contribution < -0.4 is 5.73 Å². The Hall–Kier alpha value is -1.87. The maximum absolute atomic E-state index is 11.5. The van der Waals surface area contributed by atoms with Crippen LogP contribution in [-0.2, 0) is 19.1 Å². The summed E-state index contributed by atoms with van der Waals surface area (Å²) in [6, 6.07) is -2.16. The van der Waals surface area contributed by atoms with E-state index in [0.29, 0.717) is 0 Å². The minimum absolute atomic E-state index is 1.04. The van der Waals surface area contributed by atoms with Crippen molar-refractivity contribution in [2.45, 2.75) is 42.2 Å². The van der Waals surface area contributed by atoms with Crippen LogP contribution in [0.2, 0.25) is 0 Å². The number of hydrogen-bond donors (Lipinski definition) is 9. The van der Waals surface area contributed by atoms with Gasteiger partial charge in [-0.1, -0.05) is 0 Å². The molecule has 0 aliphatic carbocycles. The van der Waals surface area contributed by atoms with Crippen LogP contribution >= 0.6 is 0 Å². The summed E-state index contributed by atoms with van der Waals surface area (Å²) in [6.07, 6.45) is -7.39. The molecule has 1 saturated heterocycles. The highest BCUT2D eigenvalue weighted by atomic mass is 16.7. The van der Waals surface area contributed by atoms with E-state index in [1.807, 2.05) is 0 Å². The molecule has 144 valence electrons. The molecule has 10 N–H and O–H groups in total. The Bertz CT molecular complexity index is 552. The number of aliphatic hydroxyl groups is 5. The molecule has 0 aromatic rings. The Balaban J connectivity index is 3.52. The molecular formula is C12H19NO12. The molecule has 0 spiro atoms. The molecule has 1 heterocycles. The van der Waals surface area contributed by atoms with Crippen molar-refractivity contribution in [2.24, 2.45) is 11.7 Å². The lowest BCUT2D eigenvalue weighted by atomic mass is 9.73. The van der Waals surface area contributed by atoms with Crippen molar-refractivity contribution in [3.63, 3.8) is 0 Å². The predicted molar refractivity (Wildman–Crippen MR) is 72.9 cm³/mol. The lowest BCUT2D eigenvalue weighted by Gasteiger charge is -2.50. The molecule has 0 aromatic heterocycles. The second kappa shape index (κ2) is 7.17. The van der Waals surface area contributed by atoms with Gasteiger partial charge in [-0.2, -0.15) is 0 Å². The first-order valence-corrected chi connectivity index (χ1v) is 6.86. The first-order chi connectivity index (χ1) is 11.3. The molecule has 1 fully saturated rings. The summed E-state index contributed by atoms with van der Waals surface area (Å²) in [5.41, 5.74) is 1.86. The van der Waals surface area contributed by atoms with E-state index in [1.165, 1.54) is 0 Å². The second-order valence-corrected chi connectivity index (χ2v) is 5.67. The van der Waals surface area contributed by atoms with Crippen molar-refractivity contribution in [1.82, 2.24) is 0 Å². The quantitative estimate of drug-likeness (QED) is 0.204. The molecule has 0 amide bonds. The van der Waals surface area contributed by atoms with E-state index in [0.717, 1.165) is 0 Å². The van der Waals surface area contributed by atoms with Gasteiger partial charge in [-0.3, -0.25) is 9.59 Å². The molecule has 0 radical (unpaired) electrons. The van der Waals surface area contributed by atoms with E-state index in [4.69, 9.17) is 25.8 Å². The van der Waals surface area contributed by atoms with Gasteiger partial charge in [0, 0.05) is 0 Å². The molecule has 0 bridgehead atoms. The molecule has 1 aliphatic heterocycles. The number of ether oxygens (including phenoxy) is 1. The molecule has 2 unspecified atom stereocenters. The van der Waals surface area contributed by atoms with Gasteiger partial charge in [-0.05, 0) is 0 Å². The van der Waals surface area contributed by atoms with Crippen LogP contribution in [0.25, 0.3) is 0 Å². The van der Waals surface area contributed by atoms with Crippen molar-refractivity contribution in [3.8, 4) is 0 Å². The number of rotatable bonds is 7. The number of carbonyl (C=O) groups is 3. The van der Waals surface area contributed by atoms with Gasteiger partial charge in [-0.25, -0.2) is 4.79 Å². The molecule has 1 aliphatic rings. The molecule has 7 atom stereocenters. The number of carboxylic acids is 3. The summed E-state index contributed by atoms with van der Waals surface area (Å²) < 4.78 is 4.79. The molecule has 13 heteroatoms. The first kappa shape index (κ1) is 21.2. The molecule has 0 aromatic carbocycles. The monoisotopic (exact) mass is 369 g/mol. The van der Waals surface area contributed by atoms with E-state index in [-0.39, 0.29) is 0 Å². The van der Waals surface area contributed by atoms with Crippen LogP contribution in [0, 0.1) is 5.92 Å². The molecule has 1 rings (SSSR count). The fraction of sp³-hybridized carbons (Fsp3) is 0.750. The van der Waals surface area contributed by atoms with Crippen molar-refractivity contribution in [2.75, 3.05) is 6.61 Å². The SMILES string of the molecule is N[C@@H]1[C@@H](O)[C@H](O)[C@@H](CO)O[C@@]1(O)C(C(=O)O)C(O)(CC(=O)O)C(=O)O. The van der Waals surface area contributed by atoms with Gasteiger partial charge in [0.2, 0.25) is 5.79 Å². The fourth-order valence-electron chi connectivity index (χ4n) is 2.73.